The van der Waals surface area contributed by atoms with E-state index >= 15 is 0 Å². The van der Waals surface area contributed by atoms with Crippen LogP contribution in [0.5, 0.6) is 0 Å². The Morgan fingerprint density at radius 1 is 1.58 bits per heavy atom. The molecule has 0 aliphatic carbocycles. The maximum atomic E-state index is 11.3. The number of H-pyrrole nitrogens is 1. The summed E-state index contributed by atoms with van der Waals surface area (Å²) in [5.74, 6) is 0.451. The zero-order chi connectivity index (χ0) is 13.8. The van der Waals surface area contributed by atoms with Crippen molar-refractivity contribution in [2.75, 3.05) is 13.1 Å². The fraction of sp³-hybridized carbons (Fsp3) is 0.385. The van der Waals surface area contributed by atoms with Gasteiger partial charge in [-0.15, -0.1) is 0 Å². The van der Waals surface area contributed by atoms with Crippen LogP contribution in [0.15, 0.2) is 18.2 Å². The van der Waals surface area contributed by atoms with Gasteiger partial charge in [0.1, 0.15) is 11.9 Å². The third kappa shape index (κ3) is 3.30. The molecule has 1 unspecified atom stereocenters. The van der Waals surface area contributed by atoms with Gasteiger partial charge in [-0.25, -0.2) is 4.98 Å². The molecule has 1 heterocycles. The summed E-state index contributed by atoms with van der Waals surface area (Å²) >= 11 is 0. The highest BCUT2D eigenvalue weighted by Crippen LogP contribution is 2.13. The summed E-state index contributed by atoms with van der Waals surface area (Å²) in [5, 5.41) is 11.9. The van der Waals surface area contributed by atoms with Gasteiger partial charge in [-0.3, -0.25) is 4.79 Å². The SMILES string of the molecule is Cc1nc2ccc(CCNC(=O)C(O)CN)cc2[nH]1. The number of aliphatic hydroxyl groups excluding tert-OH is 1. The lowest BCUT2D eigenvalue weighted by molar-refractivity contribution is -0.128. The lowest BCUT2D eigenvalue weighted by Gasteiger charge is -2.09. The van der Waals surface area contributed by atoms with Crippen LogP contribution < -0.4 is 11.1 Å². The first-order valence-electron chi connectivity index (χ1n) is 6.21. The largest absolute Gasteiger partial charge is 0.382 e. The number of hydrogen-bond donors (Lipinski definition) is 4. The zero-order valence-electron chi connectivity index (χ0n) is 10.8. The molecule has 5 N–H and O–H groups in total. The smallest absolute Gasteiger partial charge is 0.250 e. The minimum Gasteiger partial charge on any atom is -0.382 e. The third-order valence-corrected chi connectivity index (χ3v) is 2.90. The molecule has 0 aliphatic heterocycles. The van der Waals surface area contributed by atoms with Gasteiger partial charge in [0.2, 0.25) is 5.91 Å². The number of fused-ring (bicyclic) bond motifs is 1. The summed E-state index contributed by atoms with van der Waals surface area (Å²) < 4.78 is 0. The van der Waals surface area contributed by atoms with Crippen molar-refractivity contribution in [3.63, 3.8) is 0 Å². The molecule has 2 rings (SSSR count). The minimum absolute atomic E-state index is 0.0643. The number of nitrogens with two attached hydrogens (primary N) is 1. The number of imidazole rings is 1. The van der Waals surface area contributed by atoms with E-state index in [9.17, 15) is 9.90 Å². The Morgan fingerprint density at radius 3 is 3.11 bits per heavy atom. The highest BCUT2D eigenvalue weighted by atomic mass is 16.3. The second kappa shape index (κ2) is 5.81. The number of rotatable bonds is 5. The van der Waals surface area contributed by atoms with Crippen molar-refractivity contribution in [3.8, 4) is 0 Å². The average Bonchev–Trinajstić information content (AvgIpc) is 2.77. The summed E-state index contributed by atoms with van der Waals surface area (Å²) in [6, 6.07) is 5.94. The highest BCUT2D eigenvalue weighted by Gasteiger charge is 2.11. The van der Waals surface area contributed by atoms with E-state index in [1.807, 2.05) is 25.1 Å². The molecule has 1 amide bonds. The summed E-state index contributed by atoms with van der Waals surface area (Å²) in [7, 11) is 0. The number of benzene rings is 1. The van der Waals surface area contributed by atoms with Crippen molar-refractivity contribution in [2.24, 2.45) is 5.73 Å². The molecule has 0 saturated heterocycles. The van der Waals surface area contributed by atoms with E-state index in [4.69, 9.17) is 5.73 Å². The molecule has 2 aromatic rings. The number of hydrogen-bond acceptors (Lipinski definition) is 4. The first kappa shape index (κ1) is 13.5. The Kier molecular flexibility index (Phi) is 4.13. The van der Waals surface area contributed by atoms with Crippen LogP contribution >= 0.6 is 0 Å². The van der Waals surface area contributed by atoms with Crippen LogP contribution in [0.1, 0.15) is 11.4 Å². The normalized spacial score (nSPS) is 12.6. The number of amides is 1. The maximum Gasteiger partial charge on any atom is 0.250 e. The Morgan fingerprint density at radius 2 is 2.37 bits per heavy atom. The van der Waals surface area contributed by atoms with Crippen LogP contribution in [0, 0.1) is 6.92 Å². The summed E-state index contributed by atoms with van der Waals surface area (Å²) in [6.07, 6.45) is -0.436. The van der Waals surface area contributed by atoms with E-state index in [1.165, 1.54) is 0 Å². The van der Waals surface area contributed by atoms with Gasteiger partial charge in [-0.2, -0.15) is 0 Å². The lowest BCUT2D eigenvalue weighted by atomic mass is 10.1. The molecule has 0 fully saturated rings. The Bertz CT molecular complexity index is 579. The molecule has 1 aromatic carbocycles. The van der Waals surface area contributed by atoms with Gasteiger partial charge in [-0.05, 0) is 31.0 Å². The van der Waals surface area contributed by atoms with Crippen molar-refractivity contribution < 1.29 is 9.90 Å². The molecule has 0 radical (unpaired) electrons. The van der Waals surface area contributed by atoms with Crippen molar-refractivity contribution in [1.82, 2.24) is 15.3 Å². The Labute approximate surface area is 111 Å². The van der Waals surface area contributed by atoms with E-state index in [-0.39, 0.29) is 6.54 Å². The number of nitrogens with zero attached hydrogens (tertiary/aromatic N) is 1. The third-order valence-electron chi connectivity index (χ3n) is 2.90. The quantitative estimate of drug-likeness (QED) is 0.601. The molecular formula is C13H18N4O2. The van der Waals surface area contributed by atoms with E-state index in [0.29, 0.717) is 13.0 Å². The second-order valence-corrected chi connectivity index (χ2v) is 4.47. The zero-order valence-corrected chi connectivity index (χ0v) is 10.8. The number of aryl methyl sites for hydroxylation is 1. The van der Waals surface area contributed by atoms with Gasteiger partial charge in [-0.1, -0.05) is 6.07 Å². The second-order valence-electron chi connectivity index (χ2n) is 4.47. The number of carbonyl (C=O) groups excluding carboxylic acids is 1. The van der Waals surface area contributed by atoms with E-state index in [2.05, 4.69) is 15.3 Å². The topological polar surface area (TPSA) is 104 Å². The van der Waals surface area contributed by atoms with Crippen LogP contribution in [0.2, 0.25) is 0 Å². The van der Waals surface area contributed by atoms with Crippen LogP contribution in [-0.2, 0) is 11.2 Å². The highest BCUT2D eigenvalue weighted by molar-refractivity contribution is 5.80. The summed E-state index contributed by atoms with van der Waals surface area (Å²) in [5.41, 5.74) is 8.22. The number of aromatic amines is 1. The first-order valence-corrected chi connectivity index (χ1v) is 6.21. The Hall–Kier alpha value is -1.92. The Balaban J connectivity index is 1.92. The predicted molar refractivity (Wildman–Crippen MR) is 72.6 cm³/mol. The van der Waals surface area contributed by atoms with E-state index in [0.717, 1.165) is 22.4 Å². The molecule has 102 valence electrons. The molecule has 6 heteroatoms. The monoisotopic (exact) mass is 262 g/mol. The fourth-order valence-electron chi connectivity index (χ4n) is 1.89. The summed E-state index contributed by atoms with van der Waals surface area (Å²) in [4.78, 5) is 18.8. The minimum atomic E-state index is -1.13. The molecule has 0 spiro atoms. The van der Waals surface area contributed by atoms with Crippen molar-refractivity contribution in [1.29, 1.82) is 0 Å². The molecule has 1 atom stereocenters. The number of nitrogens with one attached hydrogen (secondary N) is 2. The number of carbonyl (C=O) groups is 1. The fourth-order valence-corrected chi connectivity index (χ4v) is 1.89. The molecule has 1 aromatic heterocycles. The molecule has 0 aliphatic rings. The van der Waals surface area contributed by atoms with Crippen molar-refractivity contribution in [3.05, 3.63) is 29.6 Å². The standard InChI is InChI=1S/C13H18N4O2/c1-8-16-10-3-2-9(6-11(10)17-8)4-5-15-13(19)12(18)7-14/h2-3,6,12,18H,4-5,7,14H2,1H3,(H,15,19)(H,16,17). The van der Waals surface area contributed by atoms with Crippen molar-refractivity contribution >= 4 is 16.9 Å². The van der Waals surface area contributed by atoms with Crippen LogP contribution in [0.3, 0.4) is 0 Å². The van der Waals surface area contributed by atoms with E-state index < -0.39 is 12.0 Å². The molecule has 0 bridgehead atoms. The summed E-state index contributed by atoms with van der Waals surface area (Å²) in [6.45, 7) is 2.31. The predicted octanol–water partition coefficient (Wildman–Crippen LogP) is -0.150. The van der Waals surface area contributed by atoms with Gasteiger partial charge in [0.15, 0.2) is 0 Å². The van der Waals surface area contributed by atoms with Gasteiger partial charge in [0, 0.05) is 13.1 Å². The maximum absolute atomic E-state index is 11.3. The lowest BCUT2D eigenvalue weighted by Crippen LogP contribution is -2.39. The van der Waals surface area contributed by atoms with Gasteiger partial charge < -0.3 is 21.1 Å². The van der Waals surface area contributed by atoms with Gasteiger partial charge in [0.25, 0.3) is 0 Å². The molecule has 19 heavy (non-hydrogen) atoms. The molecule has 0 saturated carbocycles. The van der Waals surface area contributed by atoms with Crippen LogP contribution in [0.25, 0.3) is 11.0 Å². The van der Waals surface area contributed by atoms with Crippen LogP contribution in [-0.4, -0.2) is 40.2 Å². The van der Waals surface area contributed by atoms with Crippen LogP contribution in [0.4, 0.5) is 0 Å². The number of aliphatic hydroxyl groups is 1. The van der Waals surface area contributed by atoms with Crippen molar-refractivity contribution in [2.45, 2.75) is 19.4 Å². The molecular weight excluding hydrogens is 244 g/mol. The van der Waals surface area contributed by atoms with Gasteiger partial charge in [0.05, 0.1) is 11.0 Å². The number of aromatic nitrogens is 2. The average molecular weight is 262 g/mol. The van der Waals surface area contributed by atoms with E-state index in [1.54, 1.807) is 0 Å². The van der Waals surface area contributed by atoms with Gasteiger partial charge >= 0.3 is 0 Å². The molecule has 6 nitrogen and oxygen atoms in total. The first-order chi connectivity index (χ1) is 9.10.